The number of aliphatic hydroxyl groups is 2. The van der Waals surface area contributed by atoms with Gasteiger partial charge in [-0.2, -0.15) is 0 Å². The lowest BCUT2D eigenvalue weighted by Gasteiger charge is -2.27. The molecule has 1 heterocycles. The van der Waals surface area contributed by atoms with Crippen molar-refractivity contribution in [1.29, 1.82) is 0 Å². The zero-order valence-electron chi connectivity index (χ0n) is 12.9. The van der Waals surface area contributed by atoms with Crippen LogP contribution in [0.1, 0.15) is 26.7 Å². The summed E-state index contributed by atoms with van der Waals surface area (Å²) < 4.78 is 0. The highest BCUT2D eigenvalue weighted by Gasteiger charge is 2.32. The molecule has 0 aromatic carbocycles. The van der Waals surface area contributed by atoms with Crippen LogP contribution in [0.3, 0.4) is 0 Å². The fourth-order valence-electron chi connectivity index (χ4n) is 2.13. The molecule has 0 spiro atoms. The van der Waals surface area contributed by atoms with Crippen molar-refractivity contribution in [3.8, 4) is 0 Å². The maximum atomic E-state index is 11.7. The third kappa shape index (κ3) is 5.99. The Morgan fingerprint density at radius 1 is 1.24 bits per heavy atom. The van der Waals surface area contributed by atoms with E-state index in [1.54, 1.807) is 13.8 Å². The Balaban J connectivity index is 2.18. The molecule has 1 aliphatic heterocycles. The first kappa shape index (κ1) is 17.9. The highest BCUT2D eigenvalue weighted by atomic mass is 16.3. The first-order chi connectivity index (χ1) is 9.86. The van der Waals surface area contributed by atoms with Gasteiger partial charge in [0.25, 0.3) is 0 Å². The number of hydrogen-bond donors (Lipinski definition) is 4. The Hall–Kier alpha value is -1.18. The Morgan fingerprint density at radius 2 is 1.86 bits per heavy atom. The van der Waals surface area contributed by atoms with Crippen LogP contribution in [0, 0.1) is 5.41 Å². The van der Waals surface area contributed by atoms with Crippen molar-refractivity contribution in [2.75, 3.05) is 39.3 Å². The van der Waals surface area contributed by atoms with Gasteiger partial charge in [0.1, 0.15) is 6.10 Å². The molecule has 7 nitrogen and oxygen atoms in total. The highest BCUT2D eigenvalue weighted by Crippen LogP contribution is 2.19. The number of carbonyl (C=O) groups excluding carboxylic acids is 2. The normalized spacial score (nSPS) is 17.5. The van der Waals surface area contributed by atoms with Gasteiger partial charge in [-0.15, -0.1) is 0 Å². The fraction of sp³-hybridized carbons (Fsp3) is 0.857. The lowest BCUT2D eigenvalue weighted by Crippen LogP contribution is -2.48. The van der Waals surface area contributed by atoms with Crippen molar-refractivity contribution < 1.29 is 19.8 Å². The molecule has 1 rings (SSSR count). The molecule has 1 saturated heterocycles. The maximum Gasteiger partial charge on any atom is 0.249 e. The number of nitrogens with one attached hydrogen (secondary N) is 2. The minimum Gasteiger partial charge on any atom is -0.396 e. The second kappa shape index (κ2) is 8.31. The van der Waals surface area contributed by atoms with Crippen LogP contribution >= 0.6 is 0 Å². The Bertz CT molecular complexity index is 354. The van der Waals surface area contributed by atoms with E-state index in [2.05, 4.69) is 15.5 Å². The first-order valence-corrected chi connectivity index (χ1v) is 7.42. The van der Waals surface area contributed by atoms with E-state index in [0.29, 0.717) is 6.54 Å². The van der Waals surface area contributed by atoms with E-state index in [1.807, 2.05) is 0 Å². The van der Waals surface area contributed by atoms with Gasteiger partial charge >= 0.3 is 0 Å². The van der Waals surface area contributed by atoms with E-state index in [-0.39, 0.29) is 19.1 Å². The summed E-state index contributed by atoms with van der Waals surface area (Å²) >= 11 is 0. The van der Waals surface area contributed by atoms with Gasteiger partial charge in [-0.1, -0.05) is 13.8 Å². The van der Waals surface area contributed by atoms with Crippen molar-refractivity contribution in [2.45, 2.75) is 32.8 Å². The molecule has 1 atom stereocenters. The van der Waals surface area contributed by atoms with Gasteiger partial charge in [-0.3, -0.25) is 9.59 Å². The van der Waals surface area contributed by atoms with Crippen LogP contribution in [-0.4, -0.2) is 72.4 Å². The van der Waals surface area contributed by atoms with E-state index >= 15 is 0 Å². The van der Waals surface area contributed by atoms with Crippen molar-refractivity contribution in [3.05, 3.63) is 0 Å². The molecule has 0 aromatic rings. The van der Waals surface area contributed by atoms with E-state index in [0.717, 1.165) is 19.6 Å². The van der Waals surface area contributed by atoms with E-state index in [4.69, 9.17) is 5.11 Å². The van der Waals surface area contributed by atoms with Crippen molar-refractivity contribution in [3.63, 3.8) is 0 Å². The summed E-state index contributed by atoms with van der Waals surface area (Å²) in [7, 11) is 0. The van der Waals surface area contributed by atoms with Gasteiger partial charge in [-0.05, 0) is 25.9 Å². The topological polar surface area (TPSA) is 102 Å². The zero-order valence-corrected chi connectivity index (χ0v) is 12.9. The number of likely N-dealkylation sites (tertiary alicyclic amines) is 1. The van der Waals surface area contributed by atoms with Gasteiger partial charge in [0.2, 0.25) is 11.8 Å². The van der Waals surface area contributed by atoms with Gasteiger partial charge in [0, 0.05) is 18.5 Å². The molecule has 0 aromatic heterocycles. The predicted molar refractivity (Wildman–Crippen MR) is 78.6 cm³/mol. The SMILES string of the molecule is CC(C)(CO)[C@@H](O)C(=O)NCC(=O)NCCN1CCCC1. The molecule has 0 unspecified atom stereocenters. The third-order valence-corrected chi connectivity index (χ3v) is 3.77. The van der Waals surface area contributed by atoms with Crippen LogP contribution in [0.25, 0.3) is 0 Å². The molecule has 7 heteroatoms. The Kier molecular flexibility index (Phi) is 7.07. The lowest BCUT2D eigenvalue weighted by molar-refractivity contribution is -0.138. The van der Waals surface area contributed by atoms with Crippen LogP contribution in [0.15, 0.2) is 0 Å². The van der Waals surface area contributed by atoms with Crippen molar-refractivity contribution in [1.82, 2.24) is 15.5 Å². The van der Waals surface area contributed by atoms with Crippen LogP contribution in [0.4, 0.5) is 0 Å². The molecule has 0 bridgehead atoms. The minimum atomic E-state index is -1.35. The molecule has 2 amide bonds. The molecule has 1 fully saturated rings. The standard InChI is InChI=1S/C14H27N3O4/c1-14(2,10-18)12(20)13(21)16-9-11(19)15-5-8-17-6-3-4-7-17/h12,18,20H,3-10H2,1-2H3,(H,15,19)(H,16,21)/t12-/m0/s1. The molecule has 21 heavy (non-hydrogen) atoms. The van der Waals surface area contributed by atoms with Crippen LogP contribution in [-0.2, 0) is 9.59 Å². The summed E-state index contributed by atoms with van der Waals surface area (Å²) in [6.07, 6.45) is 1.07. The van der Waals surface area contributed by atoms with Gasteiger partial charge in [0.05, 0.1) is 13.2 Å². The van der Waals surface area contributed by atoms with E-state index in [9.17, 15) is 14.7 Å². The summed E-state index contributed by atoms with van der Waals surface area (Å²) in [5, 5.41) is 24.0. The zero-order chi connectivity index (χ0) is 15.9. The number of aliphatic hydroxyl groups excluding tert-OH is 2. The molecule has 4 N–H and O–H groups in total. The monoisotopic (exact) mass is 301 g/mol. The van der Waals surface area contributed by atoms with Crippen LogP contribution in [0.2, 0.25) is 0 Å². The smallest absolute Gasteiger partial charge is 0.249 e. The Labute approximate surface area is 125 Å². The van der Waals surface area contributed by atoms with Gasteiger partial charge < -0.3 is 25.7 Å². The summed E-state index contributed by atoms with van der Waals surface area (Å²) in [6.45, 7) is 6.20. The fourth-order valence-corrected chi connectivity index (χ4v) is 2.13. The molecule has 0 radical (unpaired) electrons. The molecule has 122 valence electrons. The average Bonchev–Trinajstić information content (AvgIpc) is 2.97. The van der Waals surface area contributed by atoms with Gasteiger partial charge in [0.15, 0.2) is 0 Å². The largest absolute Gasteiger partial charge is 0.396 e. The van der Waals surface area contributed by atoms with Crippen molar-refractivity contribution in [2.24, 2.45) is 5.41 Å². The highest BCUT2D eigenvalue weighted by molar-refractivity contribution is 5.87. The number of carbonyl (C=O) groups is 2. The summed E-state index contributed by atoms with van der Waals surface area (Å²) in [5.74, 6) is -0.930. The number of rotatable bonds is 8. The van der Waals surface area contributed by atoms with Crippen LogP contribution in [0.5, 0.6) is 0 Å². The molecule has 0 aliphatic carbocycles. The van der Waals surface area contributed by atoms with E-state index < -0.39 is 17.4 Å². The lowest BCUT2D eigenvalue weighted by atomic mass is 9.87. The average molecular weight is 301 g/mol. The summed E-state index contributed by atoms with van der Waals surface area (Å²) in [6, 6.07) is 0. The van der Waals surface area contributed by atoms with Gasteiger partial charge in [-0.25, -0.2) is 0 Å². The predicted octanol–water partition coefficient (Wildman–Crippen LogP) is -1.31. The molecular formula is C14H27N3O4. The number of amides is 2. The quantitative estimate of drug-likeness (QED) is 0.446. The maximum absolute atomic E-state index is 11.7. The second-order valence-corrected chi connectivity index (χ2v) is 6.17. The molecule has 0 saturated carbocycles. The second-order valence-electron chi connectivity index (χ2n) is 6.17. The number of hydrogen-bond acceptors (Lipinski definition) is 5. The van der Waals surface area contributed by atoms with Crippen LogP contribution < -0.4 is 10.6 Å². The summed E-state index contributed by atoms with van der Waals surface area (Å²) in [5.41, 5.74) is -0.934. The molecule has 1 aliphatic rings. The van der Waals surface area contributed by atoms with Crippen molar-refractivity contribution >= 4 is 11.8 Å². The van der Waals surface area contributed by atoms with E-state index in [1.165, 1.54) is 12.8 Å². The summed E-state index contributed by atoms with van der Waals surface area (Å²) in [4.78, 5) is 25.5. The minimum absolute atomic E-state index is 0.169. The number of nitrogens with zero attached hydrogens (tertiary/aromatic N) is 1. The molecular weight excluding hydrogens is 274 g/mol. The first-order valence-electron chi connectivity index (χ1n) is 7.42. The Morgan fingerprint density at radius 3 is 2.43 bits per heavy atom. The third-order valence-electron chi connectivity index (χ3n) is 3.77.